The summed E-state index contributed by atoms with van der Waals surface area (Å²) in [7, 11) is 3.82. The van der Waals surface area contributed by atoms with Crippen molar-refractivity contribution in [1.29, 1.82) is 0 Å². The monoisotopic (exact) mass is 328 g/mol. The fraction of sp³-hybridized carbons (Fsp3) is 0.474. The number of aromatic nitrogens is 1. The van der Waals surface area contributed by atoms with Crippen LogP contribution in [-0.2, 0) is 19.5 Å². The maximum absolute atomic E-state index is 5.36. The third-order valence-electron chi connectivity index (χ3n) is 4.01. The van der Waals surface area contributed by atoms with Gasteiger partial charge in [-0.05, 0) is 23.5 Å². The first-order valence-electron chi connectivity index (χ1n) is 8.48. The molecular weight excluding hydrogens is 300 g/mol. The molecule has 0 unspecified atom stereocenters. The quantitative estimate of drug-likeness (QED) is 0.650. The highest BCUT2D eigenvalue weighted by Crippen LogP contribution is 2.14. The highest BCUT2D eigenvalue weighted by molar-refractivity contribution is 5.79. The Labute approximate surface area is 144 Å². The fourth-order valence-corrected chi connectivity index (χ4v) is 2.46. The van der Waals surface area contributed by atoms with Crippen LogP contribution in [0.1, 0.15) is 49.3 Å². The van der Waals surface area contributed by atoms with Crippen molar-refractivity contribution in [1.82, 2.24) is 15.4 Å². The van der Waals surface area contributed by atoms with Crippen LogP contribution in [0.2, 0.25) is 0 Å². The Morgan fingerprint density at radius 1 is 1.25 bits per heavy atom. The second-order valence-electron chi connectivity index (χ2n) is 6.30. The van der Waals surface area contributed by atoms with Gasteiger partial charge in [-0.2, -0.15) is 0 Å². The SMILES string of the molecule is CCc1ccc(CN(C)C(=NC)NCc2cc(C(C)C)no2)cc1. The zero-order valence-electron chi connectivity index (χ0n) is 15.3. The van der Waals surface area contributed by atoms with Crippen LogP contribution in [0.3, 0.4) is 0 Å². The normalized spacial score (nSPS) is 11.8. The number of nitrogens with zero attached hydrogens (tertiary/aromatic N) is 3. The predicted octanol–water partition coefficient (Wildman–Crippen LogP) is 3.57. The van der Waals surface area contributed by atoms with Crippen molar-refractivity contribution < 1.29 is 4.52 Å². The summed E-state index contributed by atoms with van der Waals surface area (Å²) in [4.78, 5) is 6.44. The summed E-state index contributed by atoms with van der Waals surface area (Å²) >= 11 is 0. The average Bonchev–Trinajstić information content (AvgIpc) is 3.05. The summed E-state index contributed by atoms with van der Waals surface area (Å²) in [5.74, 6) is 2.02. The van der Waals surface area contributed by atoms with Crippen LogP contribution >= 0.6 is 0 Å². The molecule has 0 aliphatic carbocycles. The number of hydrogen-bond acceptors (Lipinski definition) is 3. The van der Waals surface area contributed by atoms with Crippen LogP contribution in [0.25, 0.3) is 0 Å². The molecule has 0 saturated heterocycles. The molecule has 0 bridgehead atoms. The van der Waals surface area contributed by atoms with Gasteiger partial charge in [0.15, 0.2) is 11.7 Å². The standard InChI is InChI=1S/C19H28N4O/c1-6-15-7-9-16(10-8-15)13-23(5)19(20-4)21-12-17-11-18(14(2)3)22-24-17/h7-11,14H,6,12-13H2,1-5H3,(H,20,21). The van der Waals surface area contributed by atoms with E-state index in [0.29, 0.717) is 12.5 Å². The average molecular weight is 328 g/mol. The van der Waals surface area contributed by atoms with Crippen molar-refractivity contribution in [3.8, 4) is 0 Å². The smallest absolute Gasteiger partial charge is 0.194 e. The second-order valence-corrected chi connectivity index (χ2v) is 6.30. The summed E-state index contributed by atoms with van der Waals surface area (Å²) in [6.45, 7) is 7.75. The van der Waals surface area contributed by atoms with E-state index in [1.807, 2.05) is 13.1 Å². The lowest BCUT2D eigenvalue weighted by Crippen LogP contribution is -2.37. The van der Waals surface area contributed by atoms with E-state index < -0.39 is 0 Å². The van der Waals surface area contributed by atoms with E-state index in [0.717, 1.165) is 30.4 Å². The Kier molecular flexibility index (Phi) is 6.41. The minimum atomic E-state index is 0.371. The van der Waals surface area contributed by atoms with Crippen molar-refractivity contribution in [2.45, 2.75) is 46.2 Å². The molecule has 0 aliphatic rings. The number of rotatable bonds is 6. The van der Waals surface area contributed by atoms with Crippen LogP contribution in [-0.4, -0.2) is 30.1 Å². The van der Waals surface area contributed by atoms with Crippen LogP contribution in [0, 0.1) is 0 Å². The molecule has 2 aromatic rings. The fourth-order valence-electron chi connectivity index (χ4n) is 2.46. The van der Waals surface area contributed by atoms with E-state index in [1.54, 1.807) is 7.05 Å². The van der Waals surface area contributed by atoms with Gasteiger partial charge in [-0.15, -0.1) is 0 Å². The van der Waals surface area contributed by atoms with Gasteiger partial charge in [-0.3, -0.25) is 4.99 Å². The molecule has 5 heteroatoms. The number of benzene rings is 1. The van der Waals surface area contributed by atoms with Gasteiger partial charge in [0, 0.05) is 26.7 Å². The highest BCUT2D eigenvalue weighted by Gasteiger charge is 2.10. The number of aliphatic imine (C=N–C) groups is 1. The van der Waals surface area contributed by atoms with Crippen LogP contribution in [0.15, 0.2) is 39.8 Å². The summed E-state index contributed by atoms with van der Waals surface area (Å²) in [6, 6.07) is 10.7. The molecule has 1 N–H and O–H groups in total. The van der Waals surface area contributed by atoms with Gasteiger partial charge in [0.2, 0.25) is 0 Å². The largest absolute Gasteiger partial charge is 0.359 e. The molecule has 0 fully saturated rings. The van der Waals surface area contributed by atoms with Crippen molar-refractivity contribution in [2.75, 3.05) is 14.1 Å². The summed E-state index contributed by atoms with van der Waals surface area (Å²) in [6.07, 6.45) is 1.06. The Bertz CT molecular complexity index is 658. The van der Waals surface area contributed by atoms with Gasteiger partial charge in [0.05, 0.1) is 12.2 Å². The van der Waals surface area contributed by atoms with Gasteiger partial charge in [0.1, 0.15) is 0 Å². The van der Waals surface area contributed by atoms with E-state index >= 15 is 0 Å². The molecule has 1 aromatic heterocycles. The van der Waals surface area contributed by atoms with Crippen molar-refractivity contribution in [2.24, 2.45) is 4.99 Å². The Balaban J connectivity index is 1.91. The summed E-state index contributed by atoms with van der Waals surface area (Å²) in [5, 5.41) is 7.40. The van der Waals surface area contributed by atoms with Gasteiger partial charge >= 0.3 is 0 Å². The number of hydrogen-bond donors (Lipinski definition) is 1. The molecule has 0 amide bonds. The van der Waals surface area contributed by atoms with Crippen LogP contribution < -0.4 is 5.32 Å². The van der Waals surface area contributed by atoms with Gasteiger partial charge in [0.25, 0.3) is 0 Å². The third-order valence-corrected chi connectivity index (χ3v) is 4.01. The first kappa shape index (κ1) is 18.0. The van der Waals surface area contributed by atoms with Crippen molar-refractivity contribution in [3.05, 3.63) is 52.9 Å². The van der Waals surface area contributed by atoms with Gasteiger partial charge in [-0.1, -0.05) is 50.2 Å². The third kappa shape index (κ3) is 4.85. The highest BCUT2D eigenvalue weighted by atomic mass is 16.5. The molecular formula is C19H28N4O. The van der Waals surface area contributed by atoms with E-state index in [-0.39, 0.29) is 0 Å². The maximum atomic E-state index is 5.36. The zero-order chi connectivity index (χ0) is 17.5. The first-order valence-corrected chi connectivity index (χ1v) is 8.48. The molecule has 1 heterocycles. The first-order chi connectivity index (χ1) is 11.5. The second kappa shape index (κ2) is 8.52. The van der Waals surface area contributed by atoms with Crippen molar-refractivity contribution >= 4 is 5.96 Å². The van der Waals surface area contributed by atoms with E-state index in [2.05, 4.69) is 65.4 Å². The van der Waals surface area contributed by atoms with Gasteiger partial charge in [-0.25, -0.2) is 0 Å². The molecule has 1 aromatic carbocycles. The molecule has 5 nitrogen and oxygen atoms in total. The predicted molar refractivity (Wildman–Crippen MR) is 98.1 cm³/mol. The van der Waals surface area contributed by atoms with E-state index in [9.17, 15) is 0 Å². The lowest BCUT2D eigenvalue weighted by molar-refractivity contribution is 0.369. The van der Waals surface area contributed by atoms with Crippen molar-refractivity contribution in [3.63, 3.8) is 0 Å². The Hall–Kier alpha value is -2.30. The molecule has 0 spiro atoms. The minimum absolute atomic E-state index is 0.371. The van der Waals surface area contributed by atoms with Crippen LogP contribution in [0.4, 0.5) is 0 Å². The molecule has 0 saturated carbocycles. The summed E-state index contributed by atoms with van der Waals surface area (Å²) in [5.41, 5.74) is 3.60. The van der Waals surface area contributed by atoms with Gasteiger partial charge < -0.3 is 14.7 Å². The number of guanidine groups is 1. The van der Waals surface area contributed by atoms with E-state index in [4.69, 9.17) is 4.52 Å². The number of nitrogens with one attached hydrogen (secondary N) is 1. The molecule has 24 heavy (non-hydrogen) atoms. The summed E-state index contributed by atoms with van der Waals surface area (Å²) < 4.78 is 5.36. The molecule has 0 aliphatic heterocycles. The Morgan fingerprint density at radius 2 is 1.92 bits per heavy atom. The van der Waals surface area contributed by atoms with E-state index in [1.165, 1.54) is 11.1 Å². The lowest BCUT2D eigenvalue weighted by Gasteiger charge is -2.21. The minimum Gasteiger partial charge on any atom is -0.359 e. The van der Waals surface area contributed by atoms with Crippen LogP contribution in [0.5, 0.6) is 0 Å². The molecule has 0 radical (unpaired) electrons. The topological polar surface area (TPSA) is 53.7 Å². The zero-order valence-corrected chi connectivity index (χ0v) is 15.3. The Morgan fingerprint density at radius 3 is 2.46 bits per heavy atom. The molecule has 0 atom stereocenters. The molecule has 2 rings (SSSR count). The number of aryl methyl sites for hydroxylation is 1. The lowest BCUT2D eigenvalue weighted by atomic mass is 10.1. The maximum Gasteiger partial charge on any atom is 0.194 e. The molecule has 130 valence electrons.